The number of halogens is 3. The lowest BCUT2D eigenvalue weighted by Gasteiger charge is -2.29. The van der Waals surface area contributed by atoms with E-state index in [4.69, 9.17) is 9.84 Å². The number of carboxylic acids is 1. The molecule has 1 saturated carbocycles. The Balaban J connectivity index is 1.89. The Kier molecular flexibility index (Phi) is 3.96. The molecule has 1 unspecified atom stereocenters. The van der Waals surface area contributed by atoms with E-state index in [1.165, 1.54) is 7.11 Å². The molecular weight excluding hydrogens is 339 g/mol. The van der Waals surface area contributed by atoms with Gasteiger partial charge in [-0.1, -0.05) is 18.2 Å². The maximum absolute atomic E-state index is 13.3. The van der Waals surface area contributed by atoms with Crippen molar-refractivity contribution in [3.8, 4) is 5.75 Å². The van der Waals surface area contributed by atoms with E-state index in [2.05, 4.69) is 0 Å². The van der Waals surface area contributed by atoms with E-state index < -0.39 is 41.8 Å². The Morgan fingerprint density at radius 1 is 1.20 bits per heavy atom. The van der Waals surface area contributed by atoms with Gasteiger partial charge in [-0.3, -0.25) is 9.59 Å². The standard InChI is InChI=1S/C17H18F3NO4/c1-25-12-5-3-2-4-11(12)15(6-7-15)13(22)21-9-8-16(10-21,14(23)24)17(18,19)20/h2-5H,6-10H2,1H3,(H,23,24). The molecule has 1 heterocycles. The number of ether oxygens (including phenoxy) is 1. The third kappa shape index (κ3) is 2.54. The first-order chi connectivity index (χ1) is 11.7. The Bertz CT molecular complexity index is 714. The first-order valence-corrected chi connectivity index (χ1v) is 7.91. The number of nitrogens with zero attached hydrogens (tertiary/aromatic N) is 1. The van der Waals surface area contributed by atoms with Gasteiger partial charge in [0, 0.05) is 18.7 Å². The molecule has 0 spiro atoms. The highest BCUT2D eigenvalue weighted by Gasteiger charge is 2.66. The van der Waals surface area contributed by atoms with Gasteiger partial charge >= 0.3 is 12.1 Å². The minimum atomic E-state index is -4.91. The van der Waals surface area contributed by atoms with Crippen LogP contribution in [0.25, 0.3) is 0 Å². The molecule has 0 radical (unpaired) electrons. The van der Waals surface area contributed by atoms with Crippen LogP contribution in [0.4, 0.5) is 13.2 Å². The Morgan fingerprint density at radius 2 is 1.84 bits per heavy atom. The summed E-state index contributed by atoms with van der Waals surface area (Å²) in [5.74, 6) is -1.88. The average Bonchev–Trinajstić information content (AvgIpc) is 3.23. The summed E-state index contributed by atoms with van der Waals surface area (Å²) in [5.41, 5.74) is -3.16. The molecule has 8 heteroatoms. The summed E-state index contributed by atoms with van der Waals surface area (Å²) in [5, 5.41) is 9.14. The lowest BCUT2D eigenvalue weighted by molar-refractivity contribution is -0.227. The Hall–Kier alpha value is -2.25. The predicted octanol–water partition coefficient (Wildman–Crippen LogP) is 2.59. The van der Waals surface area contributed by atoms with Crippen LogP contribution in [0.1, 0.15) is 24.8 Å². The highest BCUT2D eigenvalue weighted by atomic mass is 19.4. The van der Waals surface area contributed by atoms with Crippen LogP contribution in [0, 0.1) is 5.41 Å². The summed E-state index contributed by atoms with van der Waals surface area (Å²) in [7, 11) is 1.47. The number of alkyl halides is 3. The summed E-state index contributed by atoms with van der Waals surface area (Å²) in [4.78, 5) is 25.3. The lowest BCUT2D eigenvalue weighted by atomic mass is 9.86. The minimum Gasteiger partial charge on any atom is -0.496 e. The van der Waals surface area contributed by atoms with Crippen LogP contribution in [0.15, 0.2) is 24.3 Å². The number of hydrogen-bond acceptors (Lipinski definition) is 3. The first-order valence-electron chi connectivity index (χ1n) is 7.91. The first kappa shape index (κ1) is 17.6. The number of methoxy groups -OCH3 is 1. The van der Waals surface area contributed by atoms with Crippen molar-refractivity contribution >= 4 is 11.9 Å². The van der Waals surface area contributed by atoms with Crippen LogP contribution < -0.4 is 4.74 Å². The molecule has 136 valence electrons. The molecular formula is C17H18F3NO4. The predicted molar refractivity (Wildman–Crippen MR) is 81.2 cm³/mol. The third-order valence-electron chi connectivity index (χ3n) is 5.29. The van der Waals surface area contributed by atoms with Crippen molar-refractivity contribution in [1.29, 1.82) is 0 Å². The van der Waals surface area contributed by atoms with Crippen LogP contribution in [0.5, 0.6) is 5.75 Å². The highest BCUT2D eigenvalue weighted by Crippen LogP contribution is 2.54. The summed E-state index contributed by atoms with van der Waals surface area (Å²) >= 11 is 0. The number of benzene rings is 1. The third-order valence-corrected chi connectivity index (χ3v) is 5.29. The molecule has 2 aliphatic rings. The lowest BCUT2D eigenvalue weighted by Crippen LogP contribution is -2.48. The van der Waals surface area contributed by atoms with Crippen molar-refractivity contribution in [3.05, 3.63) is 29.8 Å². The van der Waals surface area contributed by atoms with E-state index in [1.807, 2.05) is 0 Å². The molecule has 1 aromatic rings. The van der Waals surface area contributed by atoms with Gasteiger partial charge in [0.2, 0.25) is 5.91 Å². The van der Waals surface area contributed by atoms with Gasteiger partial charge in [-0.05, 0) is 25.3 Å². The molecule has 1 aliphatic heterocycles. The van der Waals surface area contributed by atoms with E-state index in [9.17, 15) is 22.8 Å². The van der Waals surface area contributed by atoms with Crippen LogP contribution in [0.2, 0.25) is 0 Å². The molecule has 0 aromatic heterocycles. The number of carbonyl (C=O) groups excluding carboxylic acids is 1. The zero-order valence-corrected chi connectivity index (χ0v) is 13.6. The second-order valence-electron chi connectivity index (χ2n) is 6.64. The molecule has 1 atom stereocenters. The maximum atomic E-state index is 13.3. The van der Waals surface area contributed by atoms with E-state index in [-0.39, 0.29) is 6.54 Å². The Morgan fingerprint density at radius 3 is 2.32 bits per heavy atom. The van der Waals surface area contributed by atoms with Crippen LogP contribution in [-0.4, -0.2) is 48.3 Å². The van der Waals surface area contributed by atoms with Crippen molar-refractivity contribution in [1.82, 2.24) is 4.90 Å². The van der Waals surface area contributed by atoms with E-state index in [1.54, 1.807) is 24.3 Å². The smallest absolute Gasteiger partial charge is 0.406 e. The second kappa shape index (κ2) is 5.64. The van der Waals surface area contributed by atoms with Crippen molar-refractivity contribution in [2.24, 2.45) is 5.41 Å². The fraction of sp³-hybridized carbons (Fsp3) is 0.529. The number of carbonyl (C=O) groups is 2. The summed E-state index contributed by atoms with van der Waals surface area (Å²) in [6.07, 6.45) is -4.52. The normalized spacial score (nSPS) is 24.9. The van der Waals surface area contributed by atoms with Gasteiger partial charge in [-0.15, -0.1) is 0 Å². The molecule has 2 fully saturated rings. The van der Waals surface area contributed by atoms with Gasteiger partial charge in [-0.2, -0.15) is 13.2 Å². The minimum absolute atomic E-state index is 0.221. The van der Waals surface area contributed by atoms with Crippen LogP contribution in [-0.2, 0) is 15.0 Å². The summed E-state index contributed by atoms with van der Waals surface area (Å²) in [6, 6.07) is 6.92. The molecule has 1 N–H and O–H groups in total. The quantitative estimate of drug-likeness (QED) is 0.900. The number of hydrogen-bond donors (Lipinski definition) is 1. The van der Waals surface area contributed by atoms with Crippen molar-refractivity contribution < 1.29 is 32.6 Å². The van der Waals surface area contributed by atoms with Gasteiger partial charge in [0.25, 0.3) is 0 Å². The summed E-state index contributed by atoms with van der Waals surface area (Å²) < 4.78 is 45.2. The van der Waals surface area contributed by atoms with Gasteiger partial charge in [0.05, 0.1) is 12.5 Å². The second-order valence-corrected chi connectivity index (χ2v) is 6.64. The largest absolute Gasteiger partial charge is 0.496 e. The van der Waals surface area contributed by atoms with Crippen LogP contribution >= 0.6 is 0 Å². The Labute approximate surface area is 142 Å². The molecule has 0 bridgehead atoms. The number of amides is 1. The monoisotopic (exact) mass is 357 g/mol. The maximum Gasteiger partial charge on any atom is 0.406 e. The fourth-order valence-corrected chi connectivity index (χ4v) is 3.58. The van der Waals surface area contributed by atoms with Crippen molar-refractivity contribution in [2.75, 3.05) is 20.2 Å². The van der Waals surface area contributed by atoms with Gasteiger partial charge in [0.1, 0.15) is 5.75 Å². The highest BCUT2D eigenvalue weighted by molar-refractivity contribution is 5.93. The molecule has 1 amide bonds. The van der Waals surface area contributed by atoms with Crippen molar-refractivity contribution in [2.45, 2.75) is 30.9 Å². The van der Waals surface area contributed by atoms with Crippen molar-refractivity contribution in [3.63, 3.8) is 0 Å². The zero-order valence-electron chi connectivity index (χ0n) is 13.6. The number of para-hydroxylation sites is 1. The van der Waals surface area contributed by atoms with Gasteiger partial charge in [-0.25, -0.2) is 0 Å². The molecule has 1 saturated heterocycles. The average molecular weight is 357 g/mol. The molecule has 1 aromatic carbocycles. The fourth-order valence-electron chi connectivity index (χ4n) is 3.58. The van der Waals surface area contributed by atoms with Crippen LogP contribution in [0.3, 0.4) is 0 Å². The van der Waals surface area contributed by atoms with E-state index in [0.717, 1.165) is 4.90 Å². The van der Waals surface area contributed by atoms with E-state index >= 15 is 0 Å². The number of likely N-dealkylation sites (tertiary alicyclic amines) is 1. The van der Waals surface area contributed by atoms with Gasteiger partial charge in [0.15, 0.2) is 5.41 Å². The number of rotatable bonds is 4. The van der Waals surface area contributed by atoms with Gasteiger partial charge < -0.3 is 14.7 Å². The molecule has 3 rings (SSSR count). The number of carboxylic acid groups (broad SMARTS) is 1. The SMILES string of the molecule is COc1ccccc1C1(C(=O)N2CCC(C(=O)O)(C(F)(F)F)C2)CC1. The zero-order chi connectivity index (χ0) is 18.5. The van der Waals surface area contributed by atoms with E-state index in [0.29, 0.717) is 24.2 Å². The summed E-state index contributed by atoms with van der Waals surface area (Å²) in [6.45, 7) is -1.07. The molecule has 5 nitrogen and oxygen atoms in total. The topological polar surface area (TPSA) is 66.8 Å². The molecule has 25 heavy (non-hydrogen) atoms. The molecule has 1 aliphatic carbocycles. The number of aliphatic carboxylic acids is 1.